The van der Waals surface area contributed by atoms with Crippen molar-refractivity contribution in [3.63, 3.8) is 0 Å². The van der Waals surface area contributed by atoms with Crippen molar-refractivity contribution in [2.24, 2.45) is 0 Å². The van der Waals surface area contributed by atoms with Gasteiger partial charge in [-0.3, -0.25) is 4.79 Å². The molecule has 0 spiro atoms. The molecule has 0 unspecified atom stereocenters. The van der Waals surface area contributed by atoms with Crippen molar-refractivity contribution in [1.29, 1.82) is 0 Å². The van der Waals surface area contributed by atoms with Crippen LogP contribution in [-0.2, 0) is 16.6 Å². The molecule has 2 aromatic carbocycles. The highest BCUT2D eigenvalue weighted by molar-refractivity contribution is 5.91. The van der Waals surface area contributed by atoms with E-state index in [0.29, 0.717) is 6.42 Å². The molecule has 3 heteroatoms. The Labute approximate surface area is 157 Å². The van der Waals surface area contributed by atoms with Crippen LogP contribution in [0.15, 0.2) is 48.5 Å². The first-order valence-corrected chi connectivity index (χ1v) is 9.66. The summed E-state index contributed by atoms with van der Waals surface area (Å²) in [5.41, 5.74) is 4.82. The van der Waals surface area contributed by atoms with Crippen LogP contribution >= 0.6 is 0 Å². The number of anilines is 2. The number of hydrogen-bond acceptors (Lipinski definition) is 2. The van der Waals surface area contributed by atoms with Gasteiger partial charge in [0, 0.05) is 30.9 Å². The van der Waals surface area contributed by atoms with Crippen molar-refractivity contribution in [1.82, 2.24) is 0 Å². The van der Waals surface area contributed by atoms with Crippen LogP contribution < -0.4 is 10.2 Å². The first kappa shape index (κ1) is 18.5. The Morgan fingerprint density at radius 1 is 0.962 bits per heavy atom. The van der Waals surface area contributed by atoms with Gasteiger partial charge >= 0.3 is 0 Å². The second-order valence-corrected chi connectivity index (χ2v) is 8.24. The molecule has 2 aromatic rings. The van der Waals surface area contributed by atoms with Gasteiger partial charge in [0.25, 0.3) is 0 Å². The molecule has 1 fully saturated rings. The van der Waals surface area contributed by atoms with E-state index in [-0.39, 0.29) is 11.3 Å². The van der Waals surface area contributed by atoms with Crippen molar-refractivity contribution in [3.8, 4) is 0 Å². The molecule has 138 valence electrons. The van der Waals surface area contributed by atoms with Crippen LogP contribution in [0.5, 0.6) is 0 Å². The second-order valence-electron chi connectivity index (χ2n) is 8.24. The van der Waals surface area contributed by atoms with Gasteiger partial charge in [-0.15, -0.1) is 0 Å². The van der Waals surface area contributed by atoms with Gasteiger partial charge in [0.15, 0.2) is 0 Å². The molecule has 0 aromatic heterocycles. The zero-order valence-electron chi connectivity index (χ0n) is 16.2. The van der Waals surface area contributed by atoms with Gasteiger partial charge in [-0.1, -0.05) is 45.0 Å². The maximum absolute atomic E-state index is 12.2. The van der Waals surface area contributed by atoms with Crippen molar-refractivity contribution in [2.45, 2.75) is 51.9 Å². The third kappa shape index (κ3) is 4.87. The first-order valence-electron chi connectivity index (χ1n) is 9.66. The van der Waals surface area contributed by atoms with E-state index in [4.69, 9.17) is 0 Å². The summed E-state index contributed by atoms with van der Waals surface area (Å²) in [7, 11) is 0. The van der Waals surface area contributed by atoms with Crippen molar-refractivity contribution < 1.29 is 4.79 Å². The number of aryl methyl sites for hydroxylation is 1. The molecule has 26 heavy (non-hydrogen) atoms. The van der Waals surface area contributed by atoms with Crippen LogP contribution in [0.2, 0.25) is 0 Å². The highest BCUT2D eigenvalue weighted by Crippen LogP contribution is 2.23. The number of amides is 1. The molecule has 0 radical (unpaired) electrons. The number of rotatable bonds is 5. The van der Waals surface area contributed by atoms with Gasteiger partial charge < -0.3 is 10.2 Å². The van der Waals surface area contributed by atoms with Gasteiger partial charge in [-0.2, -0.15) is 0 Å². The fourth-order valence-electron chi connectivity index (χ4n) is 3.38. The normalized spacial score (nSPS) is 14.5. The Morgan fingerprint density at radius 3 is 2.15 bits per heavy atom. The molecule has 0 aliphatic carbocycles. The molecule has 1 saturated heterocycles. The fraction of sp³-hybridized carbons (Fsp3) is 0.435. The first-order chi connectivity index (χ1) is 12.4. The maximum Gasteiger partial charge on any atom is 0.224 e. The summed E-state index contributed by atoms with van der Waals surface area (Å²) in [6, 6.07) is 16.8. The molecule has 1 N–H and O–H groups in total. The monoisotopic (exact) mass is 350 g/mol. The molecular weight excluding hydrogens is 320 g/mol. The molecule has 0 atom stereocenters. The van der Waals surface area contributed by atoms with Crippen molar-refractivity contribution >= 4 is 17.3 Å². The van der Waals surface area contributed by atoms with Gasteiger partial charge in [0.2, 0.25) is 5.91 Å². The van der Waals surface area contributed by atoms with Crippen molar-refractivity contribution in [2.75, 3.05) is 23.3 Å². The zero-order valence-corrected chi connectivity index (χ0v) is 16.2. The quantitative estimate of drug-likeness (QED) is 0.808. The lowest BCUT2D eigenvalue weighted by atomic mass is 9.86. The Morgan fingerprint density at radius 2 is 1.58 bits per heavy atom. The number of hydrogen-bond donors (Lipinski definition) is 1. The third-order valence-corrected chi connectivity index (χ3v) is 5.08. The Bertz CT molecular complexity index is 720. The summed E-state index contributed by atoms with van der Waals surface area (Å²) in [5, 5.41) is 3.01. The third-order valence-electron chi connectivity index (χ3n) is 5.08. The van der Waals surface area contributed by atoms with Gasteiger partial charge in [-0.25, -0.2) is 0 Å². The zero-order chi connectivity index (χ0) is 18.6. The molecule has 1 aliphatic rings. The summed E-state index contributed by atoms with van der Waals surface area (Å²) < 4.78 is 0. The molecule has 1 heterocycles. The Kier molecular flexibility index (Phi) is 5.65. The minimum atomic E-state index is 0.0684. The van der Waals surface area contributed by atoms with E-state index in [1.165, 1.54) is 29.7 Å². The lowest BCUT2D eigenvalue weighted by Gasteiger charge is -2.19. The minimum Gasteiger partial charge on any atom is -0.372 e. The minimum absolute atomic E-state index is 0.0684. The highest BCUT2D eigenvalue weighted by Gasteiger charge is 2.14. The summed E-state index contributed by atoms with van der Waals surface area (Å²) in [5.74, 6) is 0.0684. The fourth-order valence-corrected chi connectivity index (χ4v) is 3.38. The standard InChI is InChI=1S/C23H30N2O/c1-23(2,3)19-9-6-18(7-10-19)8-15-22(26)24-20-11-13-21(14-12-20)25-16-4-5-17-25/h6-7,9-14H,4-5,8,15-17H2,1-3H3,(H,24,26). The van der Waals surface area contributed by atoms with Crippen molar-refractivity contribution in [3.05, 3.63) is 59.7 Å². The van der Waals surface area contributed by atoms with Crippen LogP contribution in [0.3, 0.4) is 0 Å². The molecule has 0 saturated carbocycles. The summed E-state index contributed by atoms with van der Waals surface area (Å²) in [6.45, 7) is 8.92. The predicted molar refractivity (Wildman–Crippen MR) is 110 cm³/mol. The number of nitrogens with one attached hydrogen (secondary N) is 1. The summed E-state index contributed by atoms with van der Waals surface area (Å²) >= 11 is 0. The Hall–Kier alpha value is -2.29. The molecule has 0 bridgehead atoms. The van der Waals surface area contributed by atoms with E-state index < -0.39 is 0 Å². The largest absolute Gasteiger partial charge is 0.372 e. The van der Waals surface area contributed by atoms with E-state index in [9.17, 15) is 4.79 Å². The molecular formula is C23H30N2O. The average molecular weight is 351 g/mol. The van der Waals surface area contributed by atoms with Crippen LogP contribution in [-0.4, -0.2) is 19.0 Å². The average Bonchev–Trinajstić information content (AvgIpc) is 3.15. The topological polar surface area (TPSA) is 32.3 Å². The molecule has 3 nitrogen and oxygen atoms in total. The second kappa shape index (κ2) is 7.94. The van der Waals surface area contributed by atoms with E-state index in [1.807, 2.05) is 12.1 Å². The number of carbonyl (C=O) groups is 1. The van der Waals surface area contributed by atoms with Crippen LogP contribution in [0.4, 0.5) is 11.4 Å². The maximum atomic E-state index is 12.2. The number of carbonyl (C=O) groups excluding carboxylic acids is 1. The van der Waals surface area contributed by atoms with E-state index in [2.05, 4.69) is 67.4 Å². The number of nitrogens with zero attached hydrogens (tertiary/aromatic N) is 1. The number of benzene rings is 2. The van der Waals surface area contributed by atoms with Crippen LogP contribution in [0.25, 0.3) is 0 Å². The lowest BCUT2D eigenvalue weighted by Crippen LogP contribution is -2.17. The molecule has 3 rings (SSSR count). The van der Waals surface area contributed by atoms with Crippen LogP contribution in [0, 0.1) is 0 Å². The molecule has 1 amide bonds. The van der Waals surface area contributed by atoms with E-state index >= 15 is 0 Å². The van der Waals surface area contributed by atoms with Gasteiger partial charge in [-0.05, 0) is 60.1 Å². The van der Waals surface area contributed by atoms with E-state index in [1.54, 1.807) is 0 Å². The lowest BCUT2D eigenvalue weighted by molar-refractivity contribution is -0.116. The van der Waals surface area contributed by atoms with Gasteiger partial charge in [0.05, 0.1) is 0 Å². The Balaban J connectivity index is 1.49. The summed E-state index contributed by atoms with van der Waals surface area (Å²) in [4.78, 5) is 14.6. The van der Waals surface area contributed by atoms with Gasteiger partial charge in [0.1, 0.15) is 0 Å². The predicted octanol–water partition coefficient (Wildman–Crippen LogP) is 5.16. The van der Waals surface area contributed by atoms with E-state index in [0.717, 1.165) is 25.2 Å². The van der Waals surface area contributed by atoms with Crippen LogP contribution in [0.1, 0.15) is 51.2 Å². The SMILES string of the molecule is CC(C)(C)c1ccc(CCC(=O)Nc2ccc(N3CCCC3)cc2)cc1. The molecule has 1 aliphatic heterocycles. The highest BCUT2D eigenvalue weighted by atomic mass is 16.1. The summed E-state index contributed by atoms with van der Waals surface area (Å²) in [6.07, 6.45) is 3.81. The smallest absolute Gasteiger partial charge is 0.224 e.